The Balaban J connectivity index is 2.28. The van der Waals surface area contributed by atoms with Crippen molar-refractivity contribution in [2.75, 3.05) is 5.73 Å². The molecule has 1 amide bonds. The van der Waals surface area contributed by atoms with Crippen molar-refractivity contribution in [1.82, 2.24) is 9.97 Å². The Morgan fingerprint density at radius 1 is 1.32 bits per heavy atom. The second-order valence-electron chi connectivity index (χ2n) is 4.09. The number of nitrogens with zero attached hydrogens (tertiary/aromatic N) is 2. The molecule has 0 aliphatic heterocycles. The number of alkyl halides is 1. The lowest BCUT2D eigenvalue weighted by Gasteiger charge is -2.05. The first kappa shape index (κ1) is 13.5. The molecule has 6 heteroatoms. The third kappa shape index (κ3) is 3.29. The van der Waals surface area contributed by atoms with Crippen LogP contribution in [0.15, 0.2) is 30.5 Å². The number of anilines is 1. The first-order chi connectivity index (χ1) is 9.10. The molecule has 0 bridgehead atoms. The van der Waals surface area contributed by atoms with Crippen LogP contribution in [0.2, 0.25) is 0 Å². The Bertz CT molecular complexity index is 615. The largest absolute Gasteiger partial charge is 0.382 e. The highest BCUT2D eigenvalue weighted by Crippen LogP contribution is 2.13. The molecule has 0 radical (unpaired) electrons. The number of carbonyl (C=O) groups excluding carboxylic acids is 1. The van der Waals surface area contributed by atoms with Gasteiger partial charge in [0.05, 0.1) is 11.9 Å². The van der Waals surface area contributed by atoms with Crippen LogP contribution in [0, 0.1) is 0 Å². The fourth-order valence-corrected chi connectivity index (χ4v) is 2.08. The predicted octanol–water partition coefficient (Wildman–Crippen LogP) is 1.64. The number of hydrogen-bond acceptors (Lipinski definition) is 4. The van der Waals surface area contributed by atoms with Crippen LogP contribution in [-0.2, 0) is 11.8 Å². The second kappa shape index (κ2) is 5.79. The molecule has 1 aromatic carbocycles. The number of primary amides is 1. The summed E-state index contributed by atoms with van der Waals surface area (Å²) in [5, 5.41) is 0.792. The minimum atomic E-state index is -0.666. The van der Waals surface area contributed by atoms with Crippen LogP contribution in [0.25, 0.3) is 0 Å². The number of halogens is 1. The summed E-state index contributed by atoms with van der Waals surface area (Å²) in [5.74, 6) is -0.605. The van der Waals surface area contributed by atoms with Gasteiger partial charge in [0.1, 0.15) is 0 Å². The van der Waals surface area contributed by atoms with Crippen LogP contribution >= 0.6 is 15.9 Å². The van der Waals surface area contributed by atoms with Crippen molar-refractivity contribution in [3.8, 4) is 0 Å². The first-order valence-corrected chi connectivity index (χ1v) is 6.77. The number of nitrogens with two attached hydrogens (primary N) is 2. The normalized spacial score (nSPS) is 10.4. The Kier molecular flexibility index (Phi) is 4.11. The van der Waals surface area contributed by atoms with Crippen LogP contribution in [0.4, 0.5) is 5.82 Å². The molecule has 0 aliphatic carbocycles. The number of aromatic nitrogens is 2. The van der Waals surface area contributed by atoms with Gasteiger partial charge < -0.3 is 11.5 Å². The molecule has 4 N–H and O–H groups in total. The van der Waals surface area contributed by atoms with Gasteiger partial charge in [-0.3, -0.25) is 4.79 Å². The van der Waals surface area contributed by atoms with E-state index in [1.165, 1.54) is 5.56 Å². The predicted molar refractivity (Wildman–Crippen MR) is 76.8 cm³/mol. The van der Waals surface area contributed by atoms with Crippen molar-refractivity contribution in [2.45, 2.75) is 11.8 Å². The maximum absolute atomic E-state index is 11.2. The van der Waals surface area contributed by atoms with E-state index >= 15 is 0 Å². The fourth-order valence-electron chi connectivity index (χ4n) is 1.73. The second-order valence-corrected chi connectivity index (χ2v) is 4.65. The van der Waals surface area contributed by atoms with Crippen molar-refractivity contribution >= 4 is 27.7 Å². The number of benzene rings is 1. The van der Waals surface area contributed by atoms with Gasteiger partial charge in [-0.2, -0.15) is 0 Å². The molecule has 1 aromatic heterocycles. The summed E-state index contributed by atoms with van der Waals surface area (Å²) in [6, 6.07) is 8.07. The number of nitrogen functional groups attached to an aromatic ring is 1. The molecule has 0 atom stereocenters. The van der Waals surface area contributed by atoms with Gasteiger partial charge in [-0.25, -0.2) is 9.97 Å². The Morgan fingerprint density at radius 2 is 2.05 bits per heavy atom. The molecule has 0 spiro atoms. The summed E-state index contributed by atoms with van der Waals surface area (Å²) < 4.78 is 0. The molecule has 19 heavy (non-hydrogen) atoms. The molecule has 2 aromatic rings. The zero-order valence-electron chi connectivity index (χ0n) is 10.1. The monoisotopic (exact) mass is 320 g/mol. The summed E-state index contributed by atoms with van der Waals surface area (Å²) in [6.07, 6.45) is 2.14. The van der Waals surface area contributed by atoms with Crippen molar-refractivity contribution in [1.29, 1.82) is 0 Å². The highest BCUT2D eigenvalue weighted by atomic mass is 79.9. The molecular formula is C13H13BrN4O. The third-order valence-electron chi connectivity index (χ3n) is 2.62. The van der Waals surface area contributed by atoms with Crippen molar-refractivity contribution in [3.63, 3.8) is 0 Å². The van der Waals surface area contributed by atoms with Crippen LogP contribution < -0.4 is 11.5 Å². The minimum Gasteiger partial charge on any atom is -0.382 e. The van der Waals surface area contributed by atoms with Crippen LogP contribution in [-0.4, -0.2) is 15.9 Å². The van der Waals surface area contributed by atoms with Crippen LogP contribution in [0.1, 0.15) is 27.3 Å². The third-order valence-corrected chi connectivity index (χ3v) is 3.26. The smallest absolute Gasteiger partial charge is 0.271 e. The van der Waals surface area contributed by atoms with Crippen molar-refractivity contribution in [2.24, 2.45) is 5.73 Å². The van der Waals surface area contributed by atoms with E-state index in [1.54, 1.807) is 6.20 Å². The van der Waals surface area contributed by atoms with Gasteiger partial charge in [-0.05, 0) is 11.1 Å². The molecule has 0 saturated heterocycles. The van der Waals surface area contributed by atoms with Crippen LogP contribution in [0.5, 0.6) is 0 Å². The average molecular weight is 321 g/mol. The zero-order valence-corrected chi connectivity index (χ0v) is 11.7. The zero-order chi connectivity index (χ0) is 13.8. The maximum atomic E-state index is 11.2. The Hall–Kier alpha value is -1.95. The maximum Gasteiger partial charge on any atom is 0.271 e. The van der Waals surface area contributed by atoms with E-state index in [0.717, 1.165) is 10.9 Å². The molecule has 2 rings (SSSR count). The van der Waals surface area contributed by atoms with Crippen molar-refractivity contribution < 1.29 is 4.79 Å². The number of hydrogen-bond donors (Lipinski definition) is 2. The van der Waals surface area contributed by atoms with Gasteiger partial charge >= 0.3 is 0 Å². The van der Waals surface area contributed by atoms with Gasteiger partial charge in [0.2, 0.25) is 0 Å². The Labute approximate surface area is 119 Å². The van der Waals surface area contributed by atoms with Gasteiger partial charge in [-0.1, -0.05) is 40.2 Å². The van der Waals surface area contributed by atoms with E-state index in [2.05, 4.69) is 32.0 Å². The fraction of sp³-hybridized carbons (Fsp3) is 0.154. The SMILES string of the molecule is NC(=O)c1nc(Cc2cccc(CBr)c2)cnc1N. The van der Waals surface area contributed by atoms with E-state index in [4.69, 9.17) is 11.5 Å². The van der Waals surface area contributed by atoms with E-state index in [-0.39, 0.29) is 11.5 Å². The van der Waals surface area contributed by atoms with Gasteiger partial charge in [0, 0.05) is 11.8 Å². The summed E-state index contributed by atoms with van der Waals surface area (Å²) in [7, 11) is 0. The lowest BCUT2D eigenvalue weighted by atomic mass is 10.1. The minimum absolute atomic E-state index is 0.0224. The summed E-state index contributed by atoms with van der Waals surface area (Å²) in [5.41, 5.74) is 13.7. The standard InChI is InChI=1S/C13H13BrN4O/c14-6-9-3-1-2-8(4-9)5-10-7-17-12(15)11(18-10)13(16)19/h1-4,7H,5-6H2,(H2,15,17)(H2,16,19). The van der Waals surface area contributed by atoms with E-state index in [9.17, 15) is 4.79 Å². The Morgan fingerprint density at radius 3 is 2.74 bits per heavy atom. The van der Waals surface area contributed by atoms with Crippen molar-refractivity contribution in [3.05, 3.63) is 53.0 Å². The summed E-state index contributed by atoms with van der Waals surface area (Å²) >= 11 is 3.41. The van der Waals surface area contributed by atoms with E-state index in [0.29, 0.717) is 12.1 Å². The van der Waals surface area contributed by atoms with E-state index in [1.807, 2.05) is 18.2 Å². The molecule has 1 heterocycles. The quantitative estimate of drug-likeness (QED) is 0.837. The summed E-state index contributed by atoms with van der Waals surface area (Å²) in [6.45, 7) is 0. The molecule has 0 unspecified atom stereocenters. The van der Waals surface area contributed by atoms with Gasteiger partial charge in [-0.15, -0.1) is 0 Å². The van der Waals surface area contributed by atoms with Gasteiger partial charge in [0.15, 0.2) is 11.5 Å². The molecule has 98 valence electrons. The molecule has 0 saturated carbocycles. The average Bonchev–Trinajstić information content (AvgIpc) is 2.41. The molecule has 5 nitrogen and oxygen atoms in total. The first-order valence-electron chi connectivity index (χ1n) is 5.65. The topological polar surface area (TPSA) is 94.9 Å². The highest BCUT2D eigenvalue weighted by molar-refractivity contribution is 9.08. The number of rotatable bonds is 4. The lowest BCUT2D eigenvalue weighted by molar-refractivity contribution is 0.0996. The molecule has 0 aliphatic rings. The van der Waals surface area contributed by atoms with Gasteiger partial charge in [0.25, 0.3) is 5.91 Å². The molecular weight excluding hydrogens is 308 g/mol. The number of carbonyl (C=O) groups is 1. The summed E-state index contributed by atoms with van der Waals surface area (Å²) in [4.78, 5) is 19.3. The highest BCUT2D eigenvalue weighted by Gasteiger charge is 2.10. The van der Waals surface area contributed by atoms with Crippen LogP contribution in [0.3, 0.4) is 0 Å². The lowest BCUT2D eigenvalue weighted by Crippen LogP contribution is -2.17. The molecule has 0 fully saturated rings. The van der Waals surface area contributed by atoms with E-state index < -0.39 is 5.91 Å². The number of amides is 1.